The van der Waals surface area contributed by atoms with Crippen LogP contribution in [-0.2, 0) is 0 Å². The quantitative estimate of drug-likeness (QED) is 0.803. The minimum atomic E-state index is -0.355. The van der Waals surface area contributed by atoms with Crippen molar-refractivity contribution in [3.05, 3.63) is 29.3 Å². The number of hydrogen-bond acceptors (Lipinski definition) is 3. The number of phenolic OH excluding ortho intramolecular Hbond substituents is 1. The molecule has 1 unspecified atom stereocenters. The topological polar surface area (TPSA) is 61.7 Å². The summed E-state index contributed by atoms with van der Waals surface area (Å²) in [4.78, 5) is 12.0. The maximum atomic E-state index is 12.0. The number of nitrogens with zero attached hydrogens (tertiary/aromatic N) is 1. The Bertz CT molecular complexity index is 509. The minimum Gasteiger partial charge on any atom is -0.507 e. The first-order valence-corrected chi connectivity index (χ1v) is 6.72. The SMILES string of the molecule is Cc1cccc(C(=O)N/N=C2\CCCC(C)C2)c1O. The molecule has 1 atom stereocenters. The molecule has 0 aliphatic heterocycles. The molecule has 1 aromatic carbocycles. The zero-order chi connectivity index (χ0) is 13.8. The van der Waals surface area contributed by atoms with Gasteiger partial charge in [0.15, 0.2) is 0 Å². The van der Waals surface area contributed by atoms with Gasteiger partial charge < -0.3 is 5.11 Å². The molecule has 1 amide bonds. The number of phenols is 1. The molecule has 2 rings (SSSR count). The van der Waals surface area contributed by atoms with E-state index < -0.39 is 0 Å². The Morgan fingerprint density at radius 2 is 2.26 bits per heavy atom. The molecule has 0 spiro atoms. The van der Waals surface area contributed by atoms with Crippen LogP contribution >= 0.6 is 0 Å². The van der Waals surface area contributed by atoms with E-state index in [1.807, 2.05) is 0 Å². The second-order valence-electron chi connectivity index (χ2n) is 5.29. The number of para-hydroxylation sites is 1. The van der Waals surface area contributed by atoms with Gasteiger partial charge in [-0.3, -0.25) is 4.79 Å². The van der Waals surface area contributed by atoms with Crippen molar-refractivity contribution in [1.82, 2.24) is 5.43 Å². The van der Waals surface area contributed by atoms with Crippen molar-refractivity contribution in [3.8, 4) is 5.75 Å². The summed E-state index contributed by atoms with van der Waals surface area (Å²) in [6.45, 7) is 3.96. The van der Waals surface area contributed by atoms with E-state index in [9.17, 15) is 9.90 Å². The van der Waals surface area contributed by atoms with E-state index in [2.05, 4.69) is 17.5 Å². The average Bonchev–Trinajstić information content (AvgIpc) is 2.39. The Labute approximate surface area is 113 Å². The first kappa shape index (κ1) is 13.6. The summed E-state index contributed by atoms with van der Waals surface area (Å²) < 4.78 is 0. The smallest absolute Gasteiger partial charge is 0.275 e. The zero-order valence-electron chi connectivity index (χ0n) is 11.4. The van der Waals surface area contributed by atoms with Gasteiger partial charge >= 0.3 is 0 Å². The van der Waals surface area contributed by atoms with Gasteiger partial charge in [-0.25, -0.2) is 5.43 Å². The number of hydrogen-bond donors (Lipinski definition) is 2. The molecule has 1 saturated carbocycles. The first-order valence-electron chi connectivity index (χ1n) is 6.72. The normalized spacial score (nSPS) is 21.4. The fourth-order valence-corrected chi connectivity index (χ4v) is 2.39. The van der Waals surface area contributed by atoms with Gasteiger partial charge in [0, 0.05) is 5.71 Å². The standard InChI is InChI=1S/C15H20N2O2/c1-10-5-3-7-12(9-10)16-17-15(19)13-8-4-6-11(2)14(13)18/h4,6,8,10,18H,3,5,7,9H2,1-2H3,(H,17,19)/b16-12+. The van der Waals surface area contributed by atoms with Gasteiger partial charge in [0.1, 0.15) is 5.75 Å². The molecule has 0 bridgehead atoms. The van der Waals surface area contributed by atoms with Crippen molar-refractivity contribution < 1.29 is 9.90 Å². The monoisotopic (exact) mass is 260 g/mol. The summed E-state index contributed by atoms with van der Waals surface area (Å²) in [6, 6.07) is 5.11. The van der Waals surface area contributed by atoms with Crippen molar-refractivity contribution >= 4 is 11.6 Å². The number of aromatic hydroxyl groups is 1. The molecule has 1 aromatic rings. The summed E-state index contributed by atoms with van der Waals surface area (Å²) in [7, 11) is 0. The number of aryl methyl sites for hydroxylation is 1. The number of rotatable bonds is 2. The van der Waals surface area contributed by atoms with E-state index in [0.717, 1.165) is 25.0 Å². The third-order valence-corrected chi connectivity index (χ3v) is 3.54. The van der Waals surface area contributed by atoms with Crippen LogP contribution in [0.1, 0.15) is 48.5 Å². The van der Waals surface area contributed by atoms with Crippen LogP contribution in [0.3, 0.4) is 0 Å². The van der Waals surface area contributed by atoms with Crippen LogP contribution in [0, 0.1) is 12.8 Å². The maximum Gasteiger partial charge on any atom is 0.275 e. The fraction of sp³-hybridized carbons (Fsp3) is 0.467. The van der Waals surface area contributed by atoms with Crippen LogP contribution < -0.4 is 5.43 Å². The average molecular weight is 260 g/mol. The minimum absolute atomic E-state index is 0.0252. The fourth-order valence-electron chi connectivity index (χ4n) is 2.39. The van der Waals surface area contributed by atoms with E-state index in [1.54, 1.807) is 25.1 Å². The number of hydrazone groups is 1. The highest BCUT2D eigenvalue weighted by Gasteiger charge is 2.15. The Morgan fingerprint density at radius 1 is 1.47 bits per heavy atom. The third kappa shape index (κ3) is 3.34. The lowest BCUT2D eigenvalue weighted by Gasteiger charge is -2.19. The van der Waals surface area contributed by atoms with Crippen LogP contribution in [0.5, 0.6) is 5.75 Å². The molecular weight excluding hydrogens is 240 g/mol. The third-order valence-electron chi connectivity index (χ3n) is 3.54. The lowest BCUT2D eigenvalue weighted by atomic mass is 9.89. The van der Waals surface area contributed by atoms with Gasteiger partial charge in [-0.2, -0.15) is 5.10 Å². The summed E-state index contributed by atoms with van der Waals surface area (Å²) in [5.74, 6) is 0.306. The molecule has 4 heteroatoms. The molecule has 2 N–H and O–H groups in total. The van der Waals surface area contributed by atoms with E-state index in [-0.39, 0.29) is 17.2 Å². The van der Waals surface area contributed by atoms with Crippen molar-refractivity contribution in [2.24, 2.45) is 11.0 Å². The number of nitrogens with one attached hydrogen (secondary N) is 1. The first-order chi connectivity index (χ1) is 9.08. The summed E-state index contributed by atoms with van der Waals surface area (Å²) >= 11 is 0. The molecule has 4 nitrogen and oxygen atoms in total. The molecule has 0 heterocycles. The van der Waals surface area contributed by atoms with Crippen LogP contribution in [0.4, 0.5) is 0 Å². The lowest BCUT2D eigenvalue weighted by molar-refractivity contribution is 0.0951. The van der Waals surface area contributed by atoms with Gasteiger partial charge in [0.2, 0.25) is 0 Å². The van der Waals surface area contributed by atoms with E-state index >= 15 is 0 Å². The van der Waals surface area contributed by atoms with Crippen LogP contribution in [0.25, 0.3) is 0 Å². The molecule has 0 radical (unpaired) electrons. The Hall–Kier alpha value is -1.84. The summed E-state index contributed by atoms with van der Waals surface area (Å²) in [5, 5.41) is 14.0. The van der Waals surface area contributed by atoms with Gasteiger partial charge in [0.05, 0.1) is 5.56 Å². The second-order valence-corrected chi connectivity index (χ2v) is 5.29. The van der Waals surface area contributed by atoms with E-state index in [4.69, 9.17) is 0 Å². The molecule has 19 heavy (non-hydrogen) atoms. The van der Waals surface area contributed by atoms with Crippen molar-refractivity contribution in [2.75, 3.05) is 0 Å². The number of carbonyl (C=O) groups excluding carboxylic acids is 1. The summed E-state index contributed by atoms with van der Waals surface area (Å²) in [5.41, 5.74) is 4.55. The second kappa shape index (κ2) is 5.87. The number of benzene rings is 1. The maximum absolute atomic E-state index is 12.0. The largest absolute Gasteiger partial charge is 0.507 e. The summed E-state index contributed by atoms with van der Waals surface area (Å²) in [6.07, 6.45) is 4.25. The molecular formula is C15H20N2O2. The van der Waals surface area contributed by atoms with Gasteiger partial charge in [0.25, 0.3) is 5.91 Å². The highest BCUT2D eigenvalue weighted by molar-refractivity contribution is 5.98. The van der Waals surface area contributed by atoms with E-state index in [0.29, 0.717) is 11.5 Å². The number of amides is 1. The van der Waals surface area contributed by atoms with Gasteiger partial charge in [-0.1, -0.05) is 19.1 Å². The molecule has 1 fully saturated rings. The van der Waals surface area contributed by atoms with E-state index in [1.165, 1.54) is 6.42 Å². The zero-order valence-corrected chi connectivity index (χ0v) is 11.4. The van der Waals surface area contributed by atoms with Crippen molar-refractivity contribution in [2.45, 2.75) is 39.5 Å². The van der Waals surface area contributed by atoms with Gasteiger partial charge in [-0.15, -0.1) is 0 Å². The van der Waals surface area contributed by atoms with Crippen LogP contribution in [-0.4, -0.2) is 16.7 Å². The molecule has 1 aliphatic rings. The lowest BCUT2D eigenvalue weighted by Crippen LogP contribution is -2.22. The highest BCUT2D eigenvalue weighted by atomic mass is 16.3. The predicted octanol–water partition coefficient (Wildman–Crippen LogP) is 3.00. The molecule has 0 aromatic heterocycles. The van der Waals surface area contributed by atoms with Crippen LogP contribution in [0.15, 0.2) is 23.3 Å². The van der Waals surface area contributed by atoms with Crippen LogP contribution in [0.2, 0.25) is 0 Å². The molecule has 1 aliphatic carbocycles. The Balaban J connectivity index is 2.05. The van der Waals surface area contributed by atoms with Gasteiger partial charge in [-0.05, 0) is 50.2 Å². The predicted molar refractivity (Wildman–Crippen MR) is 75.4 cm³/mol. The molecule has 0 saturated heterocycles. The van der Waals surface area contributed by atoms with Crippen molar-refractivity contribution in [3.63, 3.8) is 0 Å². The Kier molecular flexibility index (Phi) is 4.20. The Morgan fingerprint density at radius 3 is 3.00 bits per heavy atom. The highest BCUT2D eigenvalue weighted by Crippen LogP contribution is 2.22. The molecule has 102 valence electrons. The number of carbonyl (C=O) groups is 1. The van der Waals surface area contributed by atoms with Crippen molar-refractivity contribution in [1.29, 1.82) is 0 Å².